The van der Waals surface area contributed by atoms with Crippen LogP contribution in [-0.2, 0) is 0 Å². The lowest BCUT2D eigenvalue weighted by Crippen LogP contribution is -1.96. The molecule has 0 aliphatic heterocycles. The van der Waals surface area contributed by atoms with E-state index in [0.717, 1.165) is 150 Å². The summed E-state index contributed by atoms with van der Waals surface area (Å²) in [6.07, 6.45) is 0. The summed E-state index contributed by atoms with van der Waals surface area (Å²) >= 11 is 0. The number of fused-ring (bicyclic) bond motifs is 14. The number of nitrogens with zero attached hydrogens (tertiary/aromatic N) is 6. The number of aromatic nitrogens is 6. The van der Waals surface area contributed by atoms with Crippen molar-refractivity contribution in [3.8, 4) is 90.0 Å². The highest BCUT2D eigenvalue weighted by Gasteiger charge is 2.26. The molecule has 12 aromatic carbocycles. The van der Waals surface area contributed by atoms with E-state index in [4.69, 9.17) is 28.8 Å². The molecule has 8 heteroatoms. The van der Waals surface area contributed by atoms with Crippen LogP contribution in [0, 0.1) is 0 Å². The molecule has 6 aromatic heterocycles. The molecule has 0 fully saturated rings. The Morgan fingerprint density at radius 3 is 1.18 bits per heavy atom. The third kappa shape index (κ3) is 7.86. The summed E-state index contributed by atoms with van der Waals surface area (Å²) in [6, 6.07) is 102. The maximum absolute atomic E-state index is 7.02. The fourth-order valence-electron chi connectivity index (χ4n) is 13.3. The second kappa shape index (κ2) is 19.8. The van der Waals surface area contributed by atoms with Gasteiger partial charge < -0.3 is 18.0 Å². The Hall–Kier alpha value is -12.0. The average molecular weight is 1130 g/mol. The van der Waals surface area contributed by atoms with Crippen LogP contribution < -0.4 is 0 Å². The van der Waals surface area contributed by atoms with Crippen molar-refractivity contribution in [3.05, 3.63) is 291 Å². The predicted molar refractivity (Wildman–Crippen MR) is 359 cm³/mol. The highest BCUT2D eigenvalue weighted by Crippen LogP contribution is 2.46. The minimum Gasteiger partial charge on any atom is -0.452 e. The van der Waals surface area contributed by atoms with Gasteiger partial charge in [0.1, 0.15) is 33.6 Å². The molecule has 0 spiro atoms. The lowest BCUT2D eigenvalue weighted by Gasteiger charge is -2.11. The second-order valence-corrected chi connectivity index (χ2v) is 22.4. The fraction of sp³-hybridized carbons (Fsp3) is 0. The van der Waals surface area contributed by atoms with Crippen molar-refractivity contribution in [1.29, 1.82) is 0 Å². The molecule has 88 heavy (non-hydrogen) atoms. The normalized spacial score (nSPS) is 11.9. The van der Waals surface area contributed by atoms with E-state index in [-0.39, 0.29) is 0 Å². The first-order valence-electron chi connectivity index (χ1n) is 29.6. The van der Waals surface area contributed by atoms with Crippen LogP contribution in [0.1, 0.15) is 0 Å². The van der Waals surface area contributed by atoms with Crippen LogP contribution in [0.5, 0.6) is 0 Å². The van der Waals surface area contributed by atoms with Crippen LogP contribution in [0.3, 0.4) is 0 Å². The Bertz CT molecular complexity index is 5770. The molecule has 410 valence electrons. The first-order valence-corrected chi connectivity index (χ1v) is 29.6. The molecule has 0 amide bonds. The molecule has 0 bridgehead atoms. The molecule has 18 rings (SSSR count). The summed E-state index contributed by atoms with van der Waals surface area (Å²) in [7, 11) is 0. The molecule has 0 saturated heterocycles. The Kier molecular flexibility index (Phi) is 11.1. The molecule has 18 aromatic rings. The lowest BCUT2D eigenvalue weighted by molar-refractivity contribution is 0.667. The first kappa shape index (κ1) is 49.4. The second-order valence-electron chi connectivity index (χ2n) is 22.4. The molecule has 0 saturated carbocycles. The van der Waals surface area contributed by atoms with Gasteiger partial charge in [-0.15, -0.1) is 0 Å². The average Bonchev–Trinajstić information content (AvgIpc) is 1.69. The van der Waals surface area contributed by atoms with Gasteiger partial charge in [0.05, 0.1) is 32.8 Å². The number of rotatable bonds is 9. The Balaban J connectivity index is 0.727. The first-order chi connectivity index (χ1) is 43.6. The van der Waals surface area contributed by atoms with Crippen molar-refractivity contribution in [1.82, 2.24) is 29.1 Å². The van der Waals surface area contributed by atoms with Crippen LogP contribution in [-0.4, -0.2) is 29.1 Å². The minimum absolute atomic E-state index is 0.621. The number of benzene rings is 12. The highest BCUT2D eigenvalue weighted by atomic mass is 16.3. The van der Waals surface area contributed by atoms with E-state index in [9.17, 15) is 0 Å². The number of hydrogen-bond acceptors (Lipinski definition) is 6. The van der Waals surface area contributed by atoms with Crippen molar-refractivity contribution in [2.45, 2.75) is 0 Å². The molecule has 0 unspecified atom stereocenters. The predicted octanol–water partition coefficient (Wildman–Crippen LogP) is 20.9. The van der Waals surface area contributed by atoms with Gasteiger partial charge in [-0.1, -0.05) is 224 Å². The summed E-state index contributed by atoms with van der Waals surface area (Å²) < 4.78 is 18.6. The summed E-state index contributed by atoms with van der Waals surface area (Å²) in [6.45, 7) is 0. The monoisotopic (exact) mass is 1120 g/mol. The third-order valence-corrected chi connectivity index (χ3v) is 17.4. The Morgan fingerprint density at radius 2 is 0.625 bits per heavy atom. The molecule has 0 aliphatic carbocycles. The third-order valence-electron chi connectivity index (χ3n) is 17.4. The summed E-state index contributed by atoms with van der Waals surface area (Å²) in [5, 5.41) is 6.48. The molecule has 0 aliphatic rings. The zero-order valence-corrected chi connectivity index (χ0v) is 47.2. The largest absolute Gasteiger partial charge is 0.452 e. The SMILES string of the molecule is c1ccc(-c2cccc(-n3c4ccccc4c4ccc5oc6c(-c7cccc(-c8ccc(-c9ccc(-c%10nc(-c%11ccccc%11)c%11oc%12ccc%13c%14ccccc%14n(-c%14ccccc%14)c%13c%12c%11n%10)cc9)cc8)c7)nc(-c7ccccc7)nc6c5c43)c2)cc1. The standard InChI is InChI=1S/C80H48N6O2/c1-5-19-49(20-6-1)57-26-18-30-60(48-57)86-66-34-16-14-32-62(66)64-44-46-68-70(76(64)86)74-78(88-68)72(82-79(83-74)54-23-9-3-10-24-54)58-27-17-25-56(47-58)52-37-35-50(36-38-52)51-39-41-55(42-40-51)80-81-71(53-21-7-2-8-22-53)77-73(84-80)69-67(87-77)45-43-63-61-31-13-15-33-65(61)85(75(63)69)59-28-11-4-12-29-59/h1-48H. The Morgan fingerprint density at radius 1 is 0.250 bits per heavy atom. The maximum Gasteiger partial charge on any atom is 0.180 e. The quantitative estimate of drug-likeness (QED) is 0.143. The maximum atomic E-state index is 7.02. The van der Waals surface area contributed by atoms with Crippen LogP contribution in [0.4, 0.5) is 0 Å². The molecule has 0 radical (unpaired) electrons. The van der Waals surface area contributed by atoms with Gasteiger partial charge in [0, 0.05) is 55.2 Å². The van der Waals surface area contributed by atoms with Gasteiger partial charge in [-0.05, 0) is 100 Å². The summed E-state index contributed by atoms with van der Waals surface area (Å²) in [4.78, 5) is 21.5. The van der Waals surface area contributed by atoms with Gasteiger partial charge >= 0.3 is 0 Å². The van der Waals surface area contributed by atoms with Crippen molar-refractivity contribution in [2.24, 2.45) is 0 Å². The zero-order valence-electron chi connectivity index (χ0n) is 47.2. The van der Waals surface area contributed by atoms with Gasteiger partial charge in [0.25, 0.3) is 0 Å². The van der Waals surface area contributed by atoms with E-state index >= 15 is 0 Å². The van der Waals surface area contributed by atoms with Crippen molar-refractivity contribution >= 4 is 87.7 Å². The molecule has 8 nitrogen and oxygen atoms in total. The van der Waals surface area contributed by atoms with E-state index < -0.39 is 0 Å². The number of furan rings is 2. The van der Waals surface area contributed by atoms with Crippen molar-refractivity contribution in [3.63, 3.8) is 0 Å². The molecular weight excluding hydrogens is 1080 g/mol. The van der Waals surface area contributed by atoms with Crippen LogP contribution >= 0.6 is 0 Å². The van der Waals surface area contributed by atoms with Gasteiger partial charge in [0.2, 0.25) is 0 Å². The molecule has 0 N–H and O–H groups in total. The molecular formula is C80H48N6O2. The summed E-state index contributed by atoms with van der Waals surface area (Å²) in [5.74, 6) is 1.25. The van der Waals surface area contributed by atoms with E-state index in [1.807, 2.05) is 36.4 Å². The topological polar surface area (TPSA) is 87.7 Å². The number of para-hydroxylation sites is 3. The molecule has 0 atom stereocenters. The highest BCUT2D eigenvalue weighted by molar-refractivity contribution is 6.26. The van der Waals surface area contributed by atoms with Gasteiger partial charge in [0.15, 0.2) is 22.8 Å². The van der Waals surface area contributed by atoms with Crippen LogP contribution in [0.2, 0.25) is 0 Å². The van der Waals surface area contributed by atoms with Gasteiger partial charge in [-0.3, -0.25) is 0 Å². The van der Waals surface area contributed by atoms with E-state index in [2.05, 4.69) is 264 Å². The van der Waals surface area contributed by atoms with E-state index in [0.29, 0.717) is 22.8 Å². The molecule has 6 heterocycles. The van der Waals surface area contributed by atoms with Crippen LogP contribution in [0.25, 0.3) is 178 Å². The van der Waals surface area contributed by atoms with Crippen molar-refractivity contribution in [2.75, 3.05) is 0 Å². The van der Waals surface area contributed by atoms with Crippen LogP contribution in [0.15, 0.2) is 300 Å². The summed E-state index contributed by atoms with van der Waals surface area (Å²) in [5.41, 5.74) is 22.5. The lowest BCUT2D eigenvalue weighted by atomic mass is 9.97. The number of hydrogen-bond donors (Lipinski definition) is 0. The minimum atomic E-state index is 0.621. The van der Waals surface area contributed by atoms with E-state index in [1.54, 1.807) is 0 Å². The van der Waals surface area contributed by atoms with Gasteiger partial charge in [-0.2, -0.15) is 0 Å². The fourth-order valence-corrected chi connectivity index (χ4v) is 13.3. The smallest absolute Gasteiger partial charge is 0.180 e. The van der Waals surface area contributed by atoms with Gasteiger partial charge in [-0.25, -0.2) is 19.9 Å². The van der Waals surface area contributed by atoms with Crippen molar-refractivity contribution < 1.29 is 8.83 Å². The zero-order chi connectivity index (χ0) is 57.8. The van der Waals surface area contributed by atoms with E-state index in [1.165, 1.54) is 5.39 Å². The Labute approximate surface area is 504 Å².